The second-order valence-electron chi connectivity index (χ2n) is 3.52. The maximum atomic E-state index is 11.5. The number of nitrogens with one attached hydrogen (secondary N) is 1. The molecule has 1 rings (SSSR count). The first kappa shape index (κ1) is 14.0. The van der Waals surface area contributed by atoms with Crippen LogP contribution in [0.4, 0.5) is 5.69 Å². The Balaban J connectivity index is 2.85. The van der Waals surface area contributed by atoms with Crippen LogP contribution in [0.5, 0.6) is 5.75 Å². The lowest BCUT2D eigenvalue weighted by atomic mass is 10.2. The SMILES string of the molecule is CCOc1ccc(NC(=O)C(C)Br)cc1CO. The predicted octanol–water partition coefficient (Wildman–Crippen LogP) is 2.30. The summed E-state index contributed by atoms with van der Waals surface area (Å²) in [5.41, 5.74) is 1.31. The Morgan fingerprint density at radius 1 is 1.59 bits per heavy atom. The van der Waals surface area contributed by atoms with Crippen molar-refractivity contribution in [3.8, 4) is 5.75 Å². The smallest absolute Gasteiger partial charge is 0.237 e. The number of ether oxygens (including phenoxy) is 1. The number of aliphatic hydroxyl groups excluding tert-OH is 1. The highest BCUT2D eigenvalue weighted by atomic mass is 79.9. The molecule has 0 saturated heterocycles. The Hall–Kier alpha value is -1.07. The zero-order valence-corrected chi connectivity index (χ0v) is 11.5. The number of anilines is 1. The monoisotopic (exact) mass is 301 g/mol. The van der Waals surface area contributed by atoms with Crippen LogP contribution in [-0.4, -0.2) is 22.4 Å². The van der Waals surface area contributed by atoms with E-state index in [1.807, 2.05) is 6.92 Å². The molecule has 2 N–H and O–H groups in total. The van der Waals surface area contributed by atoms with Crippen molar-refractivity contribution in [2.24, 2.45) is 0 Å². The van der Waals surface area contributed by atoms with Gasteiger partial charge in [-0.2, -0.15) is 0 Å². The predicted molar refractivity (Wildman–Crippen MR) is 70.6 cm³/mol. The molecule has 1 aromatic rings. The Morgan fingerprint density at radius 3 is 2.82 bits per heavy atom. The van der Waals surface area contributed by atoms with Crippen LogP contribution in [0, 0.1) is 0 Å². The van der Waals surface area contributed by atoms with Gasteiger partial charge in [-0.15, -0.1) is 0 Å². The number of hydrogen-bond acceptors (Lipinski definition) is 3. The second-order valence-corrected chi connectivity index (χ2v) is 4.89. The lowest BCUT2D eigenvalue weighted by Gasteiger charge is -2.12. The van der Waals surface area contributed by atoms with Gasteiger partial charge in [-0.25, -0.2) is 0 Å². The molecule has 5 heteroatoms. The third-order valence-corrected chi connectivity index (χ3v) is 2.58. The van der Waals surface area contributed by atoms with Crippen LogP contribution in [0.1, 0.15) is 19.4 Å². The number of halogens is 1. The Labute approximate surface area is 109 Å². The topological polar surface area (TPSA) is 58.6 Å². The maximum Gasteiger partial charge on any atom is 0.237 e. The summed E-state index contributed by atoms with van der Waals surface area (Å²) in [7, 11) is 0. The minimum atomic E-state index is -0.258. The van der Waals surface area contributed by atoms with E-state index >= 15 is 0 Å². The van der Waals surface area contributed by atoms with Crippen LogP contribution < -0.4 is 10.1 Å². The van der Waals surface area contributed by atoms with Crippen LogP contribution in [0.2, 0.25) is 0 Å². The summed E-state index contributed by atoms with van der Waals surface area (Å²) < 4.78 is 5.35. The average Bonchev–Trinajstić information content (AvgIpc) is 2.31. The summed E-state index contributed by atoms with van der Waals surface area (Å²) in [6.45, 7) is 4.04. The number of aliphatic hydroxyl groups is 1. The van der Waals surface area contributed by atoms with Crippen molar-refractivity contribution in [3.63, 3.8) is 0 Å². The summed E-state index contributed by atoms with van der Waals surface area (Å²) in [4.78, 5) is 11.2. The molecule has 0 heterocycles. The first-order valence-corrected chi connectivity index (χ1v) is 6.31. The van der Waals surface area contributed by atoms with Gasteiger partial charge in [0, 0.05) is 11.3 Å². The summed E-state index contributed by atoms with van der Waals surface area (Å²) >= 11 is 3.19. The van der Waals surface area contributed by atoms with Gasteiger partial charge in [-0.3, -0.25) is 4.79 Å². The van der Waals surface area contributed by atoms with Gasteiger partial charge in [-0.05, 0) is 32.0 Å². The van der Waals surface area contributed by atoms with E-state index in [1.54, 1.807) is 25.1 Å². The molecule has 0 radical (unpaired) electrons. The van der Waals surface area contributed by atoms with Crippen LogP contribution in [0.3, 0.4) is 0 Å². The number of hydrogen-bond donors (Lipinski definition) is 2. The number of carbonyl (C=O) groups is 1. The van der Waals surface area contributed by atoms with Crippen molar-refractivity contribution < 1.29 is 14.6 Å². The molecule has 0 aliphatic rings. The van der Waals surface area contributed by atoms with Gasteiger partial charge in [0.25, 0.3) is 0 Å². The van der Waals surface area contributed by atoms with Crippen molar-refractivity contribution in [1.29, 1.82) is 0 Å². The molecule has 0 aliphatic carbocycles. The molecule has 0 bridgehead atoms. The highest BCUT2D eigenvalue weighted by molar-refractivity contribution is 9.10. The van der Waals surface area contributed by atoms with Gasteiger partial charge in [0.1, 0.15) is 5.75 Å². The van der Waals surface area contributed by atoms with Crippen molar-refractivity contribution in [1.82, 2.24) is 0 Å². The molecule has 1 unspecified atom stereocenters. The first-order valence-electron chi connectivity index (χ1n) is 5.40. The molecule has 1 aromatic carbocycles. The van der Waals surface area contributed by atoms with E-state index in [1.165, 1.54) is 0 Å². The third-order valence-electron chi connectivity index (χ3n) is 2.16. The Morgan fingerprint density at radius 2 is 2.29 bits per heavy atom. The van der Waals surface area contributed by atoms with Gasteiger partial charge < -0.3 is 15.2 Å². The molecule has 94 valence electrons. The Kier molecular flexibility index (Phi) is 5.44. The fourth-order valence-electron chi connectivity index (χ4n) is 1.32. The summed E-state index contributed by atoms with van der Waals surface area (Å²) in [6.07, 6.45) is 0. The summed E-state index contributed by atoms with van der Waals surface area (Å²) in [5.74, 6) is 0.512. The van der Waals surface area contributed by atoms with Crippen molar-refractivity contribution in [2.45, 2.75) is 25.3 Å². The minimum Gasteiger partial charge on any atom is -0.494 e. The number of carbonyl (C=O) groups excluding carboxylic acids is 1. The molecule has 0 saturated carbocycles. The third kappa shape index (κ3) is 4.02. The molecule has 0 aromatic heterocycles. The number of rotatable bonds is 5. The highest BCUT2D eigenvalue weighted by Gasteiger charge is 2.10. The standard InChI is InChI=1S/C12H16BrNO3/c1-3-17-11-5-4-10(6-9(11)7-15)14-12(16)8(2)13/h4-6,8,15H,3,7H2,1-2H3,(H,14,16). The first-order chi connectivity index (χ1) is 8.08. The molecule has 4 nitrogen and oxygen atoms in total. The van der Waals surface area contributed by atoms with Crippen LogP contribution >= 0.6 is 15.9 Å². The molecule has 0 aliphatic heterocycles. The van der Waals surface area contributed by atoms with E-state index in [-0.39, 0.29) is 17.3 Å². The minimum absolute atomic E-state index is 0.122. The Bertz CT molecular complexity index is 393. The normalized spacial score (nSPS) is 12.0. The van der Waals surface area contributed by atoms with E-state index in [0.717, 1.165) is 0 Å². The van der Waals surface area contributed by atoms with Crippen LogP contribution in [-0.2, 0) is 11.4 Å². The molecule has 0 fully saturated rings. The number of benzene rings is 1. The maximum absolute atomic E-state index is 11.5. The van der Waals surface area contributed by atoms with E-state index < -0.39 is 0 Å². The van der Waals surface area contributed by atoms with Crippen molar-refractivity contribution >= 4 is 27.5 Å². The van der Waals surface area contributed by atoms with Gasteiger partial charge >= 0.3 is 0 Å². The largest absolute Gasteiger partial charge is 0.494 e. The molecule has 1 atom stereocenters. The van der Waals surface area contributed by atoms with Gasteiger partial charge in [0.05, 0.1) is 18.0 Å². The van der Waals surface area contributed by atoms with Gasteiger partial charge in [0.15, 0.2) is 0 Å². The lowest BCUT2D eigenvalue weighted by molar-refractivity contribution is -0.115. The fourth-order valence-corrected chi connectivity index (χ4v) is 1.43. The molecular formula is C12H16BrNO3. The quantitative estimate of drug-likeness (QED) is 0.821. The van der Waals surface area contributed by atoms with E-state index in [0.29, 0.717) is 23.6 Å². The number of amides is 1. The molecule has 0 spiro atoms. The van der Waals surface area contributed by atoms with Gasteiger partial charge in [-0.1, -0.05) is 15.9 Å². The van der Waals surface area contributed by atoms with E-state index in [4.69, 9.17) is 4.74 Å². The average molecular weight is 302 g/mol. The zero-order chi connectivity index (χ0) is 12.8. The summed E-state index contributed by atoms with van der Waals surface area (Å²) in [5, 5.41) is 11.9. The molecule has 1 amide bonds. The highest BCUT2D eigenvalue weighted by Crippen LogP contribution is 2.23. The van der Waals surface area contributed by atoms with Crippen molar-refractivity contribution in [2.75, 3.05) is 11.9 Å². The van der Waals surface area contributed by atoms with Gasteiger partial charge in [0.2, 0.25) is 5.91 Å². The second kappa shape index (κ2) is 6.61. The molecule has 17 heavy (non-hydrogen) atoms. The zero-order valence-electron chi connectivity index (χ0n) is 9.87. The summed E-state index contributed by atoms with van der Waals surface area (Å²) in [6, 6.07) is 5.19. The van der Waals surface area contributed by atoms with E-state index in [9.17, 15) is 9.90 Å². The van der Waals surface area contributed by atoms with Crippen LogP contribution in [0.25, 0.3) is 0 Å². The lowest BCUT2D eigenvalue weighted by Crippen LogP contribution is -2.19. The van der Waals surface area contributed by atoms with E-state index in [2.05, 4.69) is 21.2 Å². The van der Waals surface area contributed by atoms with Crippen molar-refractivity contribution in [3.05, 3.63) is 23.8 Å². The fraction of sp³-hybridized carbons (Fsp3) is 0.417. The number of alkyl halides is 1. The van der Waals surface area contributed by atoms with Crippen LogP contribution in [0.15, 0.2) is 18.2 Å². The molecular weight excluding hydrogens is 286 g/mol.